The predicted molar refractivity (Wildman–Crippen MR) is 91.4 cm³/mol. The van der Waals surface area contributed by atoms with Crippen molar-refractivity contribution in [2.75, 3.05) is 33.3 Å². The van der Waals surface area contributed by atoms with Gasteiger partial charge in [-0.1, -0.05) is 6.07 Å². The Morgan fingerprint density at radius 1 is 0.917 bits per heavy atom. The number of aryl methyl sites for hydroxylation is 1. The summed E-state index contributed by atoms with van der Waals surface area (Å²) >= 11 is 0. The Kier molecular flexibility index (Phi) is 5.89. The van der Waals surface area contributed by atoms with E-state index in [-0.39, 0.29) is 12.5 Å². The van der Waals surface area contributed by atoms with Gasteiger partial charge >= 0.3 is 0 Å². The minimum Gasteiger partial charge on any atom is -0.497 e. The number of hydrogen-bond donors (Lipinski definition) is 1. The van der Waals surface area contributed by atoms with E-state index in [9.17, 15) is 4.79 Å². The first-order valence-corrected chi connectivity index (χ1v) is 7.36. The molecule has 0 saturated heterocycles. The molecule has 0 atom stereocenters. The first-order chi connectivity index (χ1) is 11.6. The van der Waals surface area contributed by atoms with Gasteiger partial charge in [0.25, 0.3) is 5.91 Å². The summed E-state index contributed by atoms with van der Waals surface area (Å²) < 4.78 is 21.2. The molecule has 0 unspecified atom stereocenters. The molecule has 0 aromatic heterocycles. The molecule has 6 heteroatoms. The zero-order chi connectivity index (χ0) is 17.5. The van der Waals surface area contributed by atoms with Crippen LogP contribution in [0, 0.1) is 6.92 Å². The van der Waals surface area contributed by atoms with Gasteiger partial charge in [-0.3, -0.25) is 4.79 Å². The van der Waals surface area contributed by atoms with Crippen LogP contribution in [0.5, 0.6) is 23.0 Å². The molecule has 1 amide bonds. The van der Waals surface area contributed by atoms with E-state index in [0.717, 1.165) is 5.56 Å². The molecule has 2 rings (SSSR count). The van der Waals surface area contributed by atoms with Crippen LogP contribution in [0.3, 0.4) is 0 Å². The monoisotopic (exact) mass is 331 g/mol. The fraction of sp³-hybridized carbons (Fsp3) is 0.278. The molecule has 0 fully saturated rings. The molecule has 2 aromatic carbocycles. The lowest BCUT2D eigenvalue weighted by molar-refractivity contribution is -0.118. The van der Waals surface area contributed by atoms with Crippen molar-refractivity contribution in [2.24, 2.45) is 0 Å². The Morgan fingerprint density at radius 3 is 2.33 bits per heavy atom. The Balaban J connectivity index is 2.01. The Morgan fingerprint density at radius 2 is 1.67 bits per heavy atom. The summed E-state index contributed by atoms with van der Waals surface area (Å²) in [6.45, 7) is 1.81. The van der Waals surface area contributed by atoms with Crippen LogP contribution in [-0.2, 0) is 4.79 Å². The average Bonchev–Trinajstić information content (AvgIpc) is 2.60. The molecule has 0 aliphatic carbocycles. The van der Waals surface area contributed by atoms with Crippen LogP contribution in [-0.4, -0.2) is 33.8 Å². The van der Waals surface area contributed by atoms with Crippen molar-refractivity contribution < 1.29 is 23.7 Å². The summed E-state index contributed by atoms with van der Waals surface area (Å²) in [5.74, 6) is 1.95. The topological polar surface area (TPSA) is 66.0 Å². The highest BCUT2D eigenvalue weighted by Gasteiger charge is 2.11. The molecule has 0 aliphatic rings. The number of nitrogens with one attached hydrogen (secondary N) is 1. The second-order valence-electron chi connectivity index (χ2n) is 5.06. The minimum absolute atomic E-state index is 0.144. The number of benzene rings is 2. The maximum Gasteiger partial charge on any atom is 0.262 e. The third-order valence-corrected chi connectivity index (χ3v) is 3.36. The molecule has 0 bridgehead atoms. The number of anilines is 1. The van der Waals surface area contributed by atoms with Gasteiger partial charge in [0, 0.05) is 6.07 Å². The molecular formula is C18H21NO5. The van der Waals surface area contributed by atoms with Gasteiger partial charge in [0.1, 0.15) is 11.5 Å². The molecule has 1 N–H and O–H groups in total. The first kappa shape index (κ1) is 17.5. The van der Waals surface area contributed by atoms with E-state index < -0.39 is 0 Å². The van der Waals surface area contributed by atoms with E-state index in [4.69, 9.17) is 18.9 Å². The van der Waals surface area contributed by atoms with Gasteiger partial charge in [0.15, 0.2) is 18.1 Å². The van der Waals surface area contributed by atoms with E-state index in [1.807, 2.05) is 19.1 Å². The Bertz CT molecular complexity index is 715. The van der Waals surface area contributed by atoms with Gasteiger partial charge in [-0.05, 0) is 36.8 Å². The molecule has 6 nitrogen and oxygen atoms in total. The number of rotatable bonds is 7. The van der Waals surface area contributed by atoms with Gasteiger partial charge in [0.2, 0.25) is 0 Å². The number of amides is 1. The minimum atomic E-state index is -0.305. The Hall–Kier alpha value is -2.89. The average molecular weight is 331 g/mol. The van der Waals surface area contributed by atoms with Crippen molar-refractivity contribution in [1.29, 1.82) is 0 Å². The summed E-state index contributed by atoms with van der Waals surface area (Å²) in [5.41, 5.74) is 1.59. The molecule has 128 valence electrons. The van der Waals surface area contributed by atoms with Crippen LogP contribution in [0.25, 0.3) is 0 Å². The van der Waals surface area contributed by atoms with Crippen LogP contribution < -0.4 is 24.3 Å². The number of methoxy groups -OCH3 is 3. The summed E-state index contributed by atoms with van der Waals surface area (Å²) in [6, 6.07) is 10.7. The van der Waals surface area contributed by atoms with Gasteiger partial charge < -0.3 is 24.3 Å². The maximum absolute atomic E-state index is 12.1. The fourth-order valence-corrected chi connectivity index (χ4v) is 2.13. The highest BCUT2D eigenvalue weighted by atomic mass is 16.5. The second-order valence-corrected chi connectivity index (χ2v) is 5.06. The summed E-state index contributed by atoms with van der Waals surface area (Å²) in [4.78, 5) is 12.1. The predicted octanol–water partition coefficient (Wildman–Crippen LogP) is 3.04. The molecule has 2 aromatic rings. The van der Waals surface area contributed by atoms with Crippen molar-refractivity contribution >= 4 is 11.6 Å². The molecule has 0 aliphatic heterocycles. The quantitative estimate of drug-likeness (QED) is 0.845. The van der Waals surface area contributed by atoms with E-state index in [1.165, 1.54) is 7.11 Å². The molecular weight excluding hydrogens is 310 g/mol. The number of ether oxygens (including phenoxy) is 4. The van der Waals surface area contributed by atoms with E-state index in [2.05, 4.69) is 5.32 Å². The molecule has 0 radical (unpaired) electrons. The normalized spacial score (nSPS) is 10.0. The number of carbonyl (C=O) groups is 1. The second kappa shape index (κ2) is 8.10. The van der Waals surface area contributed by atoms with Gasteiger partial charge in [-0.2, -0.15) is 0 Å². The summed E-state index contributed by atoms with van der Waals surface area (Å²) in [6.07, 6.45) is 0. The third-order valence-electron chi connectivity index (χ3n) is 3.36. The largest absolute Gasteiger partial charge is 0.497 e. The van der Waals surface area contributed by atoms with Crippen LogP contribution in [0.2, 0.25) is 0 Å². The van der Waals surface area contributed by atoms with Crippen LogP contribution >= 0.6 is 0 Å². The fourth-order valence-electron chi connectivity index (χ4n) is 2.13. The van der Waals surface area contributed by atoms with E-state index >= 15 is 0 Å². The molecule has 24 heavy (non-hydrogen) atoms. The molecule has 0 spiro atoms. The van der Waals surface area contributed by atoms with E-state index in [0.29, 0.717) is 28.7 Å². The zero-order valence-electron chi connectivity index (χ0n) is 14.2. The first-order valence-electron chi connectivity index (χ1n) is 7.36. The van der Waals surface area contributed by atoms with Crippen molar-refractivity contribution in [2.45, 2.75) is 6.92 Å². The van der Waals surface area contributed by atoms with Crippen molar-refractivity contribution in [3.05, 3.63) is 42.0 Å². The lowest BCUT2D eigenvalue weighted by Gasteiger charge is -2.13. The van der Waals surface area contributed by atoms with Crippen LogP contribution in [0.1, 0.15) is 5.56 Å². The van der Waals surface area contributed by atoms with Crippen molar-refractivity contribution in [1.82, 2.24) is 0 Å². The standard InChI is InChI=1S/C18H21NO5/c1-12-5-8-15(17(9-12)23-4)24-11-18(20)19-14-7-6-13(21-2)10-16(14)22-3/h5-10H,11H2,1-4H3,(H,19,20). The summed E-state index contributed by atoms with van der Waals surface area (Å²) in [7, 11) is 4.65. The van der Waals surface area contributed by atoms with Crippen molar-refractivity contribution in [3.8, 4) is 23.0 Å². The smallest absolute Gasteiger partial charge is 0.262 e. The van der Waals surface area contributed by atoms with Gasteiger partial charge in [0.05, 0.1) is 27.0 Å². The number of carbonyl (C=O) groups excluding carboxylic acids is 1. The number of hydrogen-bond acceptors (Lipinski definition) is 5. The third kappa shape index (κ3) is 4.32. The van der Waals surface area contributed by atoms with Gasteiger partial charge in [-0.15, -0.1) is 0 Å². The van der Waals surface area contributed by atoms with E-state index in [1.54, 1.807) is 38.5 Å². The zero-order valence-corrected chi connectivity index (χ0v) is 14.2. The molecule has 0 heterocycles. The Labute approximate surface area is 141 Å². The summed E-state index contributed by atoms with van der Waals surface area (Å²) in [5, 5.41) is 2.75. The lowest BCUT2D eigenvalue weighted by atomic mass is 10.2. The SMILES string of the molecule is COc1ccc(NC(=O)COc2ccc(C)cc2OC)c(OC)c1. The van der Waals surface area contributed by atoms with Crippen LogP contribution in [0.4, 0.5) is 5.69 Å². The maximum atomic E-state index is 12.1. The molecule has 0 saturated carbocycles. The lowest BCUT2D eigenvalue weighted by Crippen LogP contribution is -2.20. The van der Waals surface area contributed by atoms with Crippen LogP contribution in [0.15, 0.2) is 36.4 Å². The highest BCUT2D eigenvalue weighted by molar-refractivity contribution is 5.93. The van der Waals surface area contributed by atoms with Crippen molar-refractivity contribution in [3.63, 3.8) is 0 Å². The van der Waals surface area contributed by atoms with Gasteiger partial charge in [-0.25, -0.2) is 0 Å². The highest BCUT2D eigenvalue weighted by Crippen LogP contribution is 2.30.